The summed E-state index contributed by atoms with van der Waals surface area (Å²) in [5.74, 6) is 0. The molecule has 0 radical (unpaired) electrons. The van der Waals surface area contributed by atoms with Gasteiger partial charge < -0.3 is 4.57 Å². The largest absolute Gasteiger partial charge is 0.309 e. The number of para-hydroxylation sites is 2. The van der Waals surface area contributed by atoms with Crippen molar-refractivity contribution in [2.75, 3.05) is 0 Å². The van der Waals surface area contributed by atoms with E-state index in [4.69, 9.17) is 0 Å². The monoisotopic (exact) mass is 663 g/mol. The van der Waals surface area contributed by atoms with Crippen LogP contribution in [0.3, 0.4) is 0 Å². The number of thiophene rings is 1. The fourth-order valence-electron chi connectivity index (χ4n) is 9.66. The van der Waals surface area contributed by atoms with Gasteiger partial charge >= 0.3 is 0 Å². The number of rotatable bonds is 2. The van der Waals surface area contributed by atoms with E-state index in [0.29, 0.717) is 0 Å². The Morgan fingerprint density at radius 1 is 0.373 bits per heavy atom. The lowest BCUT2D eigenvalue weighted by atomic mass is 9.70. The summed E-state index contributed by atoms with van der Waals surface area (Å²) in [5, 5.41) is 5.19. The Morgan fingerprint density at radius 2 is 0.941 bits per heavy atom. The Bertz CT molecular complexity index is 3000. The minimum absolute atomic E-state index is 0.333. The van der Waals surface area contributed by atoms with Crippen LogP contribution in [-0.4, -0.2) is 4.57 Å². The van der Waals surface area contributed by atoms with E-state index in [1.165, 1.54) is 103 Å². The maximum atomic E-state index is 2.43. The first-order chi connectivity index (χ1) is 25.3. The molecule has 0 saturated carbocycles. The second-order valence-electron chi connectivity index (χ2n) is 14.0. The molecule has 12 rings (SSSR count). The maximum Gasteiger partial charge on any atom is 0.0725 e. The van der Waals surface area contributed by atoms with Crippen LogP contribution in [0.25, 0.3) is 81.0 Å². The molecule has 2 heterocycles. The molecule has 0 N–H and O–H groups in total. The summed E-state index contributed by atoms with van der Waals surface area (Å²) < 4.78 is 5.05. The molecule has 2 aromatic heterocycles. The lowest BCUT2D eigenvalue weighted by Gasteiger charge is -2.30. The number of benzene rings is 8. The van der Waals surface area contributed by atoms with Crippen LogP contribution in [0.4, 0.5) is 0 Å². The Labute approximate surface area is 299 Å². The van der Waals surface area contributed by atoms with Crippen molar-refractivity contribution in [3.8, 4) is 39.1 Å². The molecule has 0 unspecified atom stereocenters. The van der Waals surface area contributed by atoms with Gasteiger partial charge in [0, 0.05) is 36.6 Å². The third kappa shape index (κ3) is 3.45. The quantitative estimate of drug-likeness (QED) is 0.173. The summed E-state index contributed by atoms with van der Waals surface area (Å²) >= 11 is 1.89. The smallest absolute Gasteiger partial charge is 0.0725 e. The SMILES string of the molecule is c1ccc2c(c1)-c1ccccc1C21c2ccccc2-c2c(-c3ccc4c(c3)sc3ccc(-n5c6ccccc6c6ccccc65)cc34)cccc21. The van der Waals surface area contributed by atoms with Gasteiger partial charge in [-0.15, -0.1) is 11.3 Å². The van der Waals surface area contributed by atoms with Crippen molar-refractivity contribution in [3.05, 3.63) is 198 Å². The second-order valence-corrected chi connectivity index (χ2v) is 15.1. The molecule has 10 aromatic rings. The fourth-order valence-corrected chi connectivity index (χ4v) is 10.8. The maximum absolute atomic E-state index is 2.43. The predicted molar refractivity (Wildman–Crippen MR) is 215 cm³/mol. The minimum atomic E-state index is -0.333. The Hall–Kier alpha value is -6.22. The summed E-state index contributed by atoms with van der Waals surface area (Å²) in [5.41, 5.74) is 16.8. The molecule has 0 bridgehead atoms. The highest BCUT2D eigenvalue weighted by molar-refractivity contribution is 7.25. The van der Waals surface area contributed by atoms with E-state index in [-0.39, 0.29) is 5.41 Å². The van der Waals surface area contributed by atoms with Gasteiger partial charge in [0.05, 0.1) is 16.4 Å². The molecule has 2 heteroatoms. The van der Waals surface area contributed by atoms with Crippen LogP contribution >= 0.6 is 11.3 Å². The van der Waals surface area contributed by atoms with Gasteiger partial charge in [-0.2, -0.15) is 0 Å². The van der Waals surface area contributed by atoms with Crippen molar-refractivity contribution in [2.24, 2.45) is 0 Å². The van der Waals surface area contributed by atoms with Crippen molar-refractivity contribution in [1.82, 2.24) is 4.57 Å². The molecule has 0 amide bonds. The van der Waals surface area contributed by atoms with E-state index in [9.17, 15) is 0 Å². The summed E-state index contributed by atoms with van der Waals surface area (Å²) in [6, 6.07) is 65.8. The van der Waals surface area contributed by atoms with E-state index < -0.39 is 0 Å². The van der Waals surface area contributed by atoms with Gasteiger partial charge in [-0.05, 0) is 92.0 Å². The number of aromatic nitrogens is 1. The fraction of sp³-hybridized carbons (Fsp3) is 0.0204. The van der Waals surface area contributed by atoms with E-state index in [1.807, 2.05) is 11.3 Å². The van der Waals surface area contributed by atoms with Crippen molar-refractivity contribution in [1.29, 1.82) is 0 Å². The first-order valence-corrected chi connectivity index (χ1v) is 18.5. The molecule has 236 valence electrons. The molecule has 51 heavy (non-hydrogen) atoms. The Morgan fingerprint density at radius 3 is 1.65 bits per heavy atom. The first kappa shape index (κ1) is 27.6. The highest BCUT2D eigenvalue weighted by Gasteiger charge is 2.51. The number of hydrogen-bond donors (Lipinski definition) is 0. The van der Waals surface area contributed by atoms with Crippen molar-refractivity contribution in [2.45, 2.75) is 5.41 Å². The molecule has 2 aliphatic rings. The average molecular weight is 664 g/mol. The second kappa shape index (κ2) is 9.94. The molecule has 1 nitrogen and oxygen atoms in total. The van der Waals surface area contributed by atoms with Gasteiger partial charge in [0.15, 0.2) is 0 Å². The van der Waals surface area contributed by atoms with Gasteiger partial charge in [-0.1, -0.05) is 140 Å². The zero-order valence-corrected chi connectivity index (χ0v) is 28.4. The van der Waals surface area contributed by atoms with E-state index in [1.54, 1.807) is 0 Å². The van der Waals surface area contributed by atoms with Crippen LogP contribution in [0, 0.1) is 0 Å². The predicted octanol–water partition coefficient (Wildman–Crippen LogP) is 13.2. The molecule has 0 aliphatic heterocycles. The van der Waals surface area contributed by atoms with E-state index in [0.717, 1.165) is 0 Å². The molecule has 0 saturated heterocycles. The van der Waals surface area contributed by atoms with Crippen LogP contribution in [0.2, 0.25) is 0 Å². The number of hydrogen-bond acceptors (Lipinski definition) is 1. The van der Waals surface area contributed by atoms with Gasteiger partial charge in [-0.25, -0.2) is 0 Å². The zero-order chi connectivity index (χ0) is 33.3. The van der Waals surface area contributed by atoms with Crippen molar-refractivity contribution >= 4 is 53.3 Å². The summed E-state index contributed by atoms with van der Waals surface area (Å²) in [6.45, 7) is 0. The highest BCUT2D eigenvalue weighted by Crippen LogP contribution is 2.64. The van der Waals surface area contributed by atoms with Crippen LogP contribution in [-0.2, 0) is 5.41 Å². The van der Waals surface area contributed by atoms with Crippen molar-refractivity contribution in [3.63, 3.8) is 0 Å². The van der Waals surface area contributed by atoms with Crippen LogP contribution in [0.5, 0.6) is 0 Å². The topological polar surface area (TPSA) is 4.93 Å². The lowest BCUT2D eigenvalue weighted by molar-refractivity contribution is 0.794. The molecule has 1 spiro atoms. The Balaban J connectivity index is 1.06. The van der Waals surface area contributed by atoms with Crippen LogP contribution in [0.15, 0.2) is 176 Å². The van der Waals surface area contributed by atoms with Gasteiger partial charge in [0.1, 0.15) is 0 Å². The third-order valence-electron chi connectivity index (χ3n) is 11.6. The first-order valence-electron chi connectivity index (χ1n) is 17.7. The minimum Gasteiger partial charge on any atom is -0.309 e. The highest BCUT2D eigenvalue weighted by atomic mass is 32.1. The number of nitrogens with zero attached hydrogens (tertiary/aromatic N) is 1. The van der Waals surface area contributed by atoms with Gasteiger partial charge in [0.25, 0.3) is 0 Å². The molecular weight excluding hydrogens is 635 g/mol. The van der Waals surface area contributed by atoms with Crippen LogP contribution in [0.1, 0.15) is 22.3 Å². The van der Waals surface area contributed by atoms with Gasteiger partial charge in [0.2, 0.25) is 0 Å². The van der Waals surface area contributed by atoms with Crippen LogP contribution < -0.4 is 0 Å². The average Bonchev–Trinajstić information content (AvgIpc) is 3.91. The van der Waals surface area contributed by atoms with Gasteiger partial charge in [-0.3, -0.25) is 0 Å². The standard InChI is InChI=1S/C49H29NS/c1-6-18-40-33(12-1)34-13-2-7-19-41(34)49(40)42-20-8-3-16-38(42)48-32(17-11-21-43(48)49)30-24-26-37-39-29-31(25-27-46(39)51-47(37)28-30)50-44-22-9-4-14-35(44)36-15-5-10-23-45(36)50/h1-29H. The molecular formula is C49H29NS. The molecule has 8 aromatic carbocycles. The normalized spacial score (nSPS) is 13.6. The van der Waals surface area contributed by atoms with E-state index in [2.05, 4.69) is 180 Å². The lowest BCUT2D eigenvalue weighted by Crippen LogP contribution is -2.25. The van der Waals surface area contributed by atoms with Crippen molar-refractivity contribution < 1.29 is 0 Å². The van der Waals surface area contributed by atoms with E-state index >= 15 is 0 Å². The molecule has 0 atom stereocenters. The number of fused-ring (bicyclic) bond motifs is 16. The third-order valence-corrected chi connectivity index (χ3v) is 12.8. The zero-order valence-electron chi connectivity index (χ0n) is 27.6. The molecule has 0 fully saturated rings. The molecule has 2 aliphatic carbocycles. The summed E-state index contributed by atoms with van der Waals surface area (Å²) in [7, 11) is 0. The Kier molecular flexibility index (Phi) is 5.38. The summed E-state index contributed by atoms with van der Waals surface area (Å²) in [4.78, 5) is 0. The summed E-state index contributed by atoms with van der Waals surface area (Å²) in [6.07, 6.45) is 0.